The van der Waals surface area contributed by atoms with Gasteiger partial charge in [-0.05, 0) is 29.5 Å². The van der Waals surface area contributed by atoms with Crippen molar-refractivity contribution >= 4 is 11.8 Å². The summed E-state index contributed by atoms with van der Waals surface area (Å²) in [6.45, 7) is 3.63. The number of hydrogen-bond donors (Lipinski definition) is 2. The second-order valence-electron chi connectivity index (χ2n) is 12.4. The molecule has 0 aliphatic carbocycles. The fraction of sp³-hybridized carbons (Fsp3) is 0.576. The maximum absolute atomic E-state index is 13.0. The molecule has 4 aliphatic rings. The molecule has 2 aromatic rings. The minimum Gasteiger partial charge on any atom is -0.392 e. The molecule has 4 fully saturated rings. The second kappa shape index (κ2) is 14.0. The number of alkyl halides is 3. The van der Waals surface area contributed by atoms with E-state index in [1.807, 2.05) is 48.5 Å². The smallest absolute Gasteiger partial charge is 0.392 e. The Morgan fingerprint density at radius 2 is 1.57 bits per heavy atom. The van der Waals surface area contributed by atoms with Crippen molar-refractivity contribution < 1.29 is 46.8 Å². The van der Waals surface area contributed by atoms with Crippen molar-refractivity contribution in [2.45, 2.75) is 81.8 Å². The molecule has 0 saturated carbocycles. The summed E-state index contributed by atoms with van der Waals surface area (Å²) in [5.74, 6) is -3.04. The molecular weight excluding hydrogens is 607 g/mol. The van der Waals surface area contributed by atoms with Crippen LogP contribution >= 0.6 is 0 Å². The van der Waals surface area contributed by atoms with E-state index in [0.29, 0.717) is 31.0 Å². The number of ether oxygens (including phenoxy) is 4. The molecule has 4 atom stereocenters. The summed E-state index contributed by atoms with van der Waals surface area (Å²) in [6, 6.07) is 13.9. The van der Waals surface area contributed by atoms with E-state index in [1.165, 1.54) is 0 Å². The average Bonchev–Trinajstić information content (AvgIpc) is 3.75. The van der Waals surface area contributed by atoms with E-state index in [1.54, 1.807) is 0 Å². The van der Waals surface area contributed by atoms with Gasteiger partial charge in [0, 0.05) is 57.5 Å². The number of nitrogens with one attached hydrogen (secondary N) is 1. The van der Waals surface area contributed by atoms with Crippen LogP contribution in [-0.4, -0.2) is 90.2 Å². The van der Waals surface area contributed by atoms with Gasteiger partial charge in [0.1, 0.15) is 6.04 Å². The van der Waals surface area contributed by atoms with E-state index in [4.69, 9.17) is 18.9 Å². The minimum absolute atomic E-state index is 0.0402. The number of carbonyl (C=O) groups is 2. The molecule has 6 rings (SSSR count). The Morgan fingerprint density at radius 3 is 2.22 bits per heavy atom. The molecule has 2 amide bonds. The normalized spacial score (nSPS) is 26.8. The van der Waals surface area contributed by atoms with Gasteiger partial charge in [0.05, 0.1) is 32.0 Å². The van der Waals surface area contributed by atoms with E-state index >= 15 is 0 Å². The zero-order valence-corrected chi connectivity index (χ0v) is 25.5. The zero-order chi connectivity index (χ0) is 32.3. The first-order valence-electron chi connectivity index (χ1n) is 15.9. The number of aliphatic hydroxyl groups excluding tert-OH is 1. The van der Waals surface area contributed by atoms with Crippen LogP contribution in [0.1, 0.15) is 66.8 Å². The summed E-state index contributed by atoms with van der Waals surface area (Å²) in [7, 11) is 0. The van der Waals surface area contributed by atoms with Gasteiger partial charge in [0.2, 0.25) is 5.91 Å². The number of carbonyl (C=O) groups excluding carboxylic acids is 2. The predicted molar refractivity (Wildman–Crippen MR) is 158 cm³/mol. The topological polar surface area (TPSA) is 110 Å². The number of halogens is 3. The van der Waals surface area contributed by atoms with Crippen LogP contribution in [0.4, 0.5) is 13.2 Å². The average molecular weight is 648 g/mol. The van der Waals surface area contributed by atoms with Crippen LogP contribution in [0.5, 0.6) is 0 Å². The highest BCUT2D eigenvalue weighted by molar-refractivity contribution is 5.90. The molecule has 250 valence electrons. The Balaban J connectivity index is 1.09. The largest absolute Gasteiger partial charge is 0.471 e. The Kier molecular flexibility index (Phi) is 9.97. The molecule has 10 nitrogen and oxygen atoms in total. The zero-order valence-electron chi connectivity index (χ0n) is 25.5. The first-order valence-corrected chi connectivity index (χ1v) is 15.9. The van der Waals surface area contributed by atoms with Gasteiger partial charge in [0.25, 0.3) is 0 Å². The lowest BCUT2D eigenvalue weighted by molar-refractivity contribution is -0.255. The number of benzene rings is 2. The highest BCUT2D eigenvalue weighted by atomic mass is 19.4. The molecule has 13 heteroatoms. The van der Waals surface area contributed by atoms with Crippen LogP contribution in [0.2, 0.25) is 0 Å². The number of aliphatic hydroxyl groups is 1. The lowest BCUT2D eigenvalue weighted by atomic mass is 9.98. The Hall–Kier alpha value is -3.07. The van der Waals surface area contributed by atoms with Gasteiger partial charge in [-0.3, -0.25) is 9.59 Å². The maximum atomic E-state index is 13.0. The summed E-state index contributed by atoms with van der Waals surface area (Å²) in [6.07, 6.45) is -3.22. The predicted octanol–water partition coefficient (Wildman–Crippen LogP) is 3.73. The fourth-order valence-corrected chi connectivity index (χ4v) is 6.73. The summed E-state index contributed by atoms with van der Waals surface area (Å²) >= 11 is 0. The number of amides is 2. The summed E-state index contributed by atoms with van der Waals surface area (Å²) < 4.78 is 63.6. The van der Waals surface area contributed by atoms with Crippen molar-refractivity contribution in [1.82, 2.24) is 15.1 Å². The molecular formula is C33H40F3N3O7. The van der Waals surface area contributed by atoms with Gasteiger partial charge in [-0.2, -0.15) is 13.2 Å². The maximum Gasteiger partial charge on any atom is 0.471 e. The number of likely N-dealkylation sites (tertiary alicyclic amines) is 2. The highest BCUT2D eigenvalue weighted by Gasteiger charge is 2.47. The minimum atomic E-state index is -5.02. The van der Waals surface area contributed by atoms with Crippen LogP contribution in [-0.2, 0) is 41.7 Å². The molecule has 0 aromatic heterocycles. The third-order valence-corrected chi connectivity index (χ3v) is 9.29. The van der Waals surface area contributed by atoms with Crippen LogP contribution in [0.3, 0.4) is 0 Å². The first kappa shape index (κ1) is 32.9. The van der Waals surface area contributed by atoms with E-state index in [-0.39, 0.29) is 38.3 Å². The molecule has 1 spiro atoms. The molecule has 4 aliphatic heterocycles. The van der Waals surface area contributed by atoms with E-state index in [9.17, 15) is 27.9 Å². The SMILES string of the molecule is O=C(NCc1ccc(C2OC(CN3CCC4(CC3)OCCO4)CC(c3ccc(CO)cc3)O2)cc1)C1CCCN1C(=O)C(F)(F)F. The number of hydrogen-bond acceptors (Lipinski definition) is 8. The Morgan fingerprint density at radius 1 is 0.913 bits per heavy atom. The molecule has 2 aromatic carbocycles. The van der Waals surface area contributed by atoms with Gasteiger partial charge in [-0.1, -0.05) is 48.5 Å². The standard InChI is InChI=1S/C33H40F3N3O7/c34-33(35,36)31(42)39-13-1-2-27(39)29(41)37-19-22-3-9-25(10-4-22)30-45-26(18-28(46-30)24-7-5-23(21-40)6-8-24)20-38-14-11-32(12-15-38)43-16-17-44-32/h3-10,26-28,30,40H,1-2,11-21H2,(H,37,41). The number of nitrogens with zero attached hydrogens (tertiary/aromatic N) is 2. The highest BCUT2D eigenvalue weighted by Crippen LogP contribution is 2.39. The Labute approximate surface area is 265 Å². The molecule has 2 N–H and O–H groups in total. The quantitative estimate of drug-likeness (QED) is 0.447. The fourth-order valence-electron chi connectivity index (χ4n) is 6.73. The third kappa shape index (κ3) is 7.56. The third-order valence-electron chi connectivity index (χ3n) is 9.29. The van der Waals surface area contributed by atoms with Gasteiger partial charge in [-0.15, -0.1) is 0 Å². The van der Waals surface area contributed by atoms with E-state index < -0.39 is 36.1 Å². The summed E-state index contributed by atoms with van der Waals surface area (Å²) in [5.41, 5.74) is 3.34. The molecule has 4 unspecified atom stereocenters. The van der Waals surface area contributed by atoms with Gasteiger partial charge >= 0.3 is 12.1 Å². The lowest BCUT2D eigenvalue weighted by Gasteiger charge is -2.41. The van der Waals surface area contributed by atoms with Crippen molar-refractivity contribution in [2.24, 2.45) is 0 Å². The Bertz CT molecular complexity index is 1340. The number of rotatable bonds is 8. The monoisotopic (exact) mass is 647 g/mol. The molecule has 0 radical (unpaired) electrons. The van der Waals surface area contributed by atoms with Gasteiger partial charge < -0.3 is 39.2 Å². The van der Waals surface area contributed by atoms with E-state index in [2.05, 4.69) is 10.2 Å². The van der Waals surface area contributed by atoms with Gasteiger partial charge in [0.15, 0.2) is 12.1 Å². The van der Waals surface area contributed by atoms with Gasteiger partial charge in [-0.25, -0.2) is 0 Å². The lowest BCUT2D eigenvalue weighted by Crippen LogP contribution is -2.50. The van der Waals surface area contributed by atoms with Crippen molar-refractivity contribution in [1.29, 1.82) is 0 Å². The first-order chi connectivity index (χ1) is 22.1. The molecule has 4 heterocycles. The second-order valence-corrected chi connectivity index (χ2v) is 12.4. The molecule has 4 saturated heterocycles. The van der Waals surface area contributed by atoms with Crippen LogP contribution in [0.15, 0.2) is 48.5 Å². The summed E-state index contributed by atoms with van der Waals surface area (Å²) in [4.78, 5) is 27.4. The van der Waals surface area contributed by atoms with Crippen LogP contribution in [0, 0.1) is 0 Å². The summed E-state index contributed by atoms with van der Waals surface area (Å²) in [5, 5.41) is 12.2. The van der Waals surface area contributed by atoms with E-state index in [0.717, 1.165) is 54.7 Å². The number of piperidine rings is 1. The van der Waals surface area contributed by atoms with Crippen molar-refractivity contribution in [3.8, 4) is 0 Å². The van der Waals surface area contributed by atoms with Crippen LogP contribution in [0.25, 0.3) is 0 Å². The van der Waals surface area contributed by atoms with Crippen LogP contribution < -0.4 is 5.32 Å². The van der Waals surface area contributed by atoms with Crippen molar-refractivity contribution in [2.75, 3.05) is 39.4 Å². The molecule has 46 heavy (non-hydrogen) atoms. The molecule has 0 bridgehead atoms. The van der Waals surface area contributed by atoms with Crippen molar-refractivity contribution in [3.63, 3.8) is 0 Å². The van der Waals surface area contributed by atoms with Crippen molar-refractivity contribution in [3.05, 3.63) is 70.8 Å².